The van der Waals surface area contributed by atoms with Crippen molar-refractivity contribution >= 4 is 35.3 Å². The molecule has 0 aromatic heterocycles. The number of nitrogens with two attached hydrogens (primary N) is 1. The van der Waals surface area contributed by atoms with Gasteiger partial charge in [-0.2, -0.15) is 13.6 Å². The fourth-order valence-electron chi connectivity index (χ4n) is 2.36. The number of carbonyl (C=O) groups excluding carboxylic acids is 1. The standard InChI is InChI=1S/C9H18N3O12P3/c10-7-3-4-12(9(13)11-7)8-2-1-6(22-8)5-21-26(17,18)24-27(19,20)23-25(14,15)16/h6,8H,1-5H2,(H,17,18)(H,19,20)(H2,10,11,13)(H2,14,15,16)/t6-,8+/m0/s1. The first-order valence-electron chi connectivity index (χ1n) is 7.34. The van der Waals surface area contributed by atoms with Crippen molar-refractivity contribution in [1.82, 2.24) is 4.90 Å². The van der Waals surface area contributed by atoms with Crippen molar-refractivity contribution < 1.29 is 55.9 Å². The van der Waals surface area contributed by atoms with Gasteiger partial charge in [-0.15, -0.1) is 0 Å². The van der Waals surface area contributed by atoms with Gasteiger partial charge in [0.2, 0.25) is 0 Å². The molecule has 2 amide bonds. The minimum Gasteiger partial charge on any atom is -0.387 e. The summed E-state index contributed by atoms with van der Waals surface area (Å²) in [5.74, 6) is 0.207. The van der Waals surface area contributed by atoms with E-state index in [1.807, 2.05) is 0 Å². The van der Waals surface area contributed by atoms with Crippen LogP contribution in [0, 0.1) is 0 Å². The molecular weight excluding hydrogens is 435 g/mol. The fraction of sp³-hybridized carbons (Fsp3) is 0.778. The number of phosphoric ester groups is 1. The van der Waals surface area contributed by atoms with E-state index in [2.05, 4.69) is 18.1 Å². The molecule has 27 heavy (non-hydrogen) atoms. The zero-order valence-electron chi connectivity index (χ0n) is 13.6. The maximum atomic E-state index is 11.8. The van der Waals surface area contributed by atoms with Crippen molar-refractivity contribution in [3.8, 4) is 0 Å². The summed E-state index contributed by atoms with van der Waals surface area (Å²) >= 11 is 0. The van der Waals surface area contributed by atoms with E-state index in [-0.39, 0.29) is 5.84 Å². The maximum Gasteiger partial charge on any atom is 0.490 e. The molecule has 0 aliphatic carbocycles. The Bertz CT molecular complexity index is 752. The van der Waals surface area contributed by atoms with Crippen molar-refractivity contribution in [2.24, 2.45) is 10.7 Å². The van der Waals surface area contributed by atoms with E-state index >= 15 is 0 Å². The normalized spacial score (nSPS) is 28.5. The fourth-order valence-corrected chi connectivity index (χ4v) is 5.41. The average molecular weight is 453 g/mol. The predicted molar refractivity (Wildman–Crippen MR) is 86.1 cm³/mol. The molecule has 15 nitrogen and oxygen atoms in total. The minimum atomic E-state index is -5.57. The highest BCUT2D eigenvalue weighted by molar-refractivity contribution is 7.66. The molecule has 2 heterocycles. The Kier molecular flexibility index (Phi) is 6.99. The summed E-state index contributed by atoms with van der Waals surface area (Å²) < 4.78 is 50.6. The zero-order chi connectivity index (χ0) is 20.5. The van der Waals surface area contributed by atoms with E-state index in [0.29, 0.717) is 25.8 Å². The van der Waals surface area contributed by atoms with Crippen LogP contribution in [0.25, 0.3) is 0 Å². The van der Waals surface area contributed by atoms with Gasteiger partial charge in [-0.3, -0.25) is 9.42 Å². The van der Waals surface area contributed by atoms with E-state index < -0.39 is 48.4 Å². The third kappa shape index (κ3) is 7.33. The predicted octanol–water partition coefficient (Wildman–Crippen LogP) is 0.0177. The Morgan fingerprint density at radius 2 is 1.81 bits per heavy atom. The lowest BCUT2D eigenvalue weighted by Crippen LogP contribution is -2.44. The molecule has 0 bridgehead atoms. The minimum absolute atomic E-state index is 0.207. The van der Waals surface area contributed by atoms with Crippen LogP contribution in [-0.2, 0) is 31.6 Å². The van der Waals surface area contributed by atoms with Crippen LogP contribution in [0.3, 0.4) is 0 Å². The number of hydrogen-bond donors (Lipinski definition) is 5. The topological polar surface area (TPSA) is 228 Å². The molecule has 1 fully saturated rings. The highest BCUT2D eigenvalue weighted by Crippen LogP contribution is 2.66. The second kappa shape index (κ2) is 8.36. The Hall–Kier alpha value is -0.690. The smallest absolute Gasteiger partial charge is 0.387 e. The van der Waals surface area contributed by atoms with Gasteiger partial charge in [-0.25, -0.2) is 18.5 Å². The molecule has 2 rings (SSSR count). The van der Waals surface area contributed by atoms with Crippen molar-refractivity contribution in [1.29, 1.82) is 0 Å². The van der Waals surface area contributed by atoms with Gasteiger partial charge in [0.05, 0.1) is 12.7 Å². The number of aliphatic imine (C=N–C) groups is 1. The lowest BCUT2D eigenvalue weighted by atomic mass is 10.2. The molecule has 156 valence electrons. The molecule has 0 saturated carbocycles. The Balaban J connectivity index is 1.84. The van der Waals surface area contributed by atoms with Crippen LogP contribution in [0.4, 0.5) is 4.79 Å². The molecule has 0 spiro atoms. The largest absolute Gasteiger partial charge is 0.490 e. The number of urea groups is 1. The van der Waals surface area contributed by atoms with Crippen LogP contribution in [0.1, 0.15) is 19.3 Å². The molecule has 2 aliphatic rings. The Morgan fingerprint density at radius 1 is 1.15 bits per heavy atom. The number of phosphoric acid groups is 3. The summed E-state index contributed by atoms with van der Waals surface area (Å²) in [6.07, 6.45) is -0.327. The molecule has 4 atom stereocenters. The van der Waals surface area contributed by atoms with Gasteiger partial charge in [0.25, 0.3) is 0 Å². The first kappa shape index (κ1) is 22.6. The summed E-state index contributed by atoms with van der Waals surface area (Å²) in [6, 6.07) is -0.572. The lowest BCUT2D eigenvalue weighted by molar-refractivity contribution is -0.0486. The van der Waals surface area contributed by atoms with E-state index in [0.717, 1.165) is 0 Å². The lowest BCUT2D eigenvalue weighted by Gasteiger charge is -2.29. The van der Waals surface area contributed by atoms with E-state index in [1.165, 1.54) is 4.90 Å². The van der Waals surface area contributed by atoms with Gasteiger partial charge < -0.3 is 30.0 Å². The molecule has 0 radical (unpaired) electrons. The van der Waals surface area contributed by atoms with Crippen molar-refractivity contribution in [2.75, 3.05) is 13.2 Å². The number of ether oxygens (including phenoxy) is 1. The average Bonchev–Trinajstić information content (AvgIpc) is 2.90. The molecule has 6 N–H and O–H groups in total. The second-order valence-electron chi connectivity index (χ2n) is 5.51. The molecule has 2 unspecified atom stereocenters. The van der Waals surface area contributed by atoms with Crippen molar-refractivity contribution in [3.05, 3.63) is 0 Å². The third-order valence-corrected chi connectivity index (χ3v) is 7.17. The summed E-state index contributed by atoms with van der Waals surface area (Å²) in [4.78, 5) is 52.1. The van der Waals surface area contributed by atoms with Gasteiger partial charge in [-0.1, -0.05) is 0 Å². The molecule has 0 aromatic carbocycles. The van der Waals surface area contributed by atoms with E-state index in [9.17, 15) is 23.4 Å². The highest BCUT2D eigenvalue weighted by atomic mass is 31.3. The first-order valence-corrected chi connectivity index (χ1v) is 11.9. The molecule has 18 heteroatoms. The van der Waals surface area contributed by atoms with Gasteiger partial charge in [0.1, 0.15) is 12.1 Å². The van der Waals surface area contributed by atoms with Crippen LogP contribution in [-0.4, -0.2) is 61.8 Å². The van der Waals surface area contributed by atoms with Gasteiger partial charge in [0.15, 0.2) is 0 Å². The van der Waals surface area contributed by atoms with Crippen molar-refractivity contribution in [3.63, 3.8) is 0 Å². The van der Waals surface area contributed by atoms with Crippen LogP contribution in [0.2, 0.25) is 0 Å². The number of hydrogen-bond acceptors (Lipinski definition) is 9. The van der Waals surface area contributed by atoms with Crippen LogP contribution in [0.5, 0.6) is 0 Å². The third-order valence-electron chi connectivity index (χ3n) is 3.37. The monoisotopic (exact) mass is 453 g/mol. The first-order chi connectivity index (χ1) is 12.3. The summed E-state index contributed by atoms with van der Waals surface area (Å²) in [7, 11) is -16.2. The van der Waals surface area contributed by atoms with Gasteiger partial charge in [0, 0.05) is 13.0 Å². The number of rotatable bonds is 8. The number of carbonyl (C=O) groups is 1. The summed E-state index contributed by atoms with van der Waals surface area (Å²) in [5.41, 5.74) is 5.46. The highest BCUT2D eigenvalue weighted by Gasteiger charge is 2.42. The number of nitrogens with zero attached hydrogens (tertiary/aromatic N) is 2. The van der Waals surface area contributed by atoms with Crippen LogP contribution in [0.15, 0.2) is 4.99 Å². The molecular formula is C9H18N3O12P3. The Morgan fingerprint density at radius 3 is 2.41 bits per heavy atom. The SMILES string of the molecule is NC1=NC(=O)N([C@H]2CC[C@@H](COP(=O)(O)OP(=O)(O)OP(=O)(O)O)O2)CC1. The van der Waals surface area contributed by atoms with Crippen LogP contribution < -0.4 is 5.73 Å². The van der Waals surface area contributed by atoms with E-state index in [1.54, 1.807) is 0 Å². The van der Waals surface area contributed by atoms with Crippen LogP contribution >= 0.6 is 23.5 Å². The summed E-state index contributed by atoms with van der Waals surface area (Å²) in [5, 5.41) is 0. The van der Waals surface area contributed by atoms with Gasteiger partial charge >= 0.3 is 29.5 Å². The summed E-state index contributed by atoms with van der Waals surface area (Å²) in [6.45, 7) is -0.269. The number of amidine groups is 1. The zero-order valence-corrected chi connectivity index (χ0v) is 16.2. The molecule has 2 aliphatic heterocycles. The maximum absolute atomic E-state index is 11.8. The molecule has 0 aromatic rings. The second-order valence-corrected chi connectivity index (χ2v) is 9.93. The van der Waals surface area contributed by atoms with Gasteiger partial charge in [-0.05, 0) is 12.8 Å². The Labute approximate surface area is 152 Å². The number of amides is 2. The van der Waals surface area contributed by atoms with Crippen molar-refractivity contribution in [2.45, 2.75) is 31.6 Å². The quantitative estimate of drug-likeness (QED) is 0.306. The van der Waals surface area contributed by atoms with E-state index in [4.69, 9.17) is 25.2 Å². The molecule has 1 saturated heterocycles.